The lowest BCUT2D eigenvalue weighted by Gasteiger charge is -2.38. The van der Waals surface area contributed by atoms with Gasteiger partial charge in [-0.3, -0.25) is 4.90 Å². The summed E-state index contributed by atoms with van der Waals surface area (Å²) >= 11 is 0. The Labute approximate surface area is 122 Å². The molecule has 3 nitrogen and oxygen atoms in total. The van der Waals surface area contributed by atoms with Crippen molar-refractivity contribution in [3.8, 4) is 0 Å². The van der Waals surface area contributed by atoms with Crippen LogP contribution in [0.3, 0.4) is 0 Å². The molecule has 1 aromatic rings. The summed E-state index contributed by atoms with van der Waals surface area (Å²) < 4.78 is 24.7. The molecule has 0 N–H and O–H groups in total. The van der Waals surface area contributed by atoms with Crippen molar-refractivity contribution in [1.29, 1.82) is 0 Å². The van der Waals surface area contributed by atoms with Gasteiger partial charge in [-0.15, -0.1) is 0 Å². The van der Waals surface area contributed by atoms with E-state index >= 15 is 0 Å². The molecule has 2 unspecified atom stereocenters. The van der Waals surface area contributed by atoms with Crippen LogP contribution in [0.25, 0.3) is 0 Å². The molecule has 20 heavy (non-hydrogen) atoms. The minimum atomic E-state index is -3.16. The third-order valence-electron chi connectivity index (χ3n) is 4.37. The molecule has 2 atom stereocenters. The molecule has 1 aromatic carbocycles. The van der Waals surface area contributed by atoms with E-state index < -0.39 is 9.84 Å². The molecule has 0 amide bonds. The van der Waals surface area contributed by atoms with Gasteiger partial charge in [0.15, 0.2) is 9.84 Å². The van der Waals surface area contributed by atoms with E-state index in [0.717, 1.165) is 5.56 Å². The molecule has 0 aliphatic carbocycles. The highest BCUT2D eigenvalue weighted by Gasteiger charge is 2.26. The Morgan fingerprint density at radius 1 is 1.10 bits per heavy atom. The molecule has 112 valence electrons. The van der Waals surface area contributed by atoms with Crippen LogP contribution in [-0.2, 0) is 9.84 Å². The molecule has 0 bridgehead atoms. The molecule has 0 radical (unpaired) electrons. The SMILES string of the molecule is Cc1ccc(S(=O)(=O)CCN2C(C)CCCC2C)cc1. The van der Waals surface area contributed by atoms with Gasteiger partial charge in [-0.1, -0.05) is 24.1 Å². The fraction of sp³-hybridized carbons (Fsp3) is 0.625. The van der Waals surface area contributed by atoms with E-state index in [1.807, 2.05) is 19.1 Å². The summed E-state index contributed by atoms with van der Waals surface area (Å²) in [7, 11) is -3.16. The van der Waals surface area contributed by atoms with Crippen molar-refractivity contribution in [3.63, 3.8) is 0 Å². The maximum Gasteiger partial charge on any atom is 0.179 e. The molecule has 1 saturated heterocycles. The monoisotopic (exact) mass is 295 g/mol. The third kappa shape index (κ3) is 3.61. The van der Waals surface area contributed by atoms with Crippen LogP contribution in [0.1, 0.15) is 38.7 Å². The average Bonchev–Trinajstić information content (AvgIpc) is 2.38. The smallest absolute Gasteiger partial charge is 0.179 e. The minimum absolute atomic E-state index is 0.213. The summed E-state index contributed by atoms with van der Waals surface area (Å²) in [6, 6.07) is 8.14. The van der Waals surface area contributed by atoms with E-state index in [-0.39, 0.29) is 5.75 Å². The highest BCUT2D eigenvalue weighted by atomic mass is 32.2. The van der Waals surface area contributed by atoms with Crippen LogP contribution in [0, 0.1) is 6.92 Å². The zero-order valence-electron chi connectivity index (χ0n) is 12.7. The van der Waals surface area contributed by atoms with Gasteiger partial charge in [0.2, 0.25) is 0 Å². The number of hydrogen-bond donors (Lipinski definition) is 0. The molecule has 1 fully saturated rings. The molecule has 0 saturated carbocycles. The first-order valence-corrected chi connectivity index (χ1v) is 9.10. The van der Waals surface area contributed by atoms with Gasteiger partial charge in [0, 0.05) is 18.6 Å². The van der Waals surface area contributed by atoms with Crippen molar-refractivity contribution in [1.82, 2.24) is 4.90 Å². The van der Waals surface area contributed by atoms with Crippen molar-refractivity contribution < 1.29 is 8.42 Å². The molecule has 0 aromatic heterocycles. The summed E-state index contributed by atoms with van der Waals surface area (Å²) in [5.41, 5.74) is 1.09. The first kappa shape index (κ1) is 15.5. The normalized spacial score (nSPS) is 24.8. The number of benzene rings is 1. The number of aryl methyl sites for hydroxylation is 1. The Bertz CT molecular complexity index is 526. The number of sulfone groups is 1. The third-order valence-corrected chi connectivity index (χ3v) is 6.08. The topological polar surface area (TPSA) is 37.4 Å². The summed E-state index contributed by atoms with van der Waals surface area (Å²) in [5.74, 6) is 0.213. The summed E-state index contributed by atoms with van der Waals surface area (Å²) in [6.07, 6.45) is 3.60. The Morgan fingerprint density at radius 3 is 2.20 bits per heavy atom. The highest BCUT2D eigenvalue weighted by molar-refractivity contribution is 7.91. The average molecular weight is 295 g/mol. The maximum absolute atomic E-state index is 12.4. The molecule has 1 aliphatic heterocycles. The molecule has 0 spiro atoms. The van der Waals surface area contributed by atoms with Crippen LogP contribution in [0.15, 0.2) is 29.2 Å². The lowest BCUT2D eigenvalue weighted by atomic mass is 9.98. The van der Waals surface area contributed by atoms with Gasteiger partial charge in [-0.2, -0.15) is 0 Å². The molecule has 2 rings (SSSR count). The van der Waals surface area contributed by atoms with Crippen molar-refractivity contribution >= 4 is 9.84 Å². The standard InChI is InChI=1S/C16H25NO2S/c1-13-7-9-16(10-8-13)20(18,19)12-11-17-14(2)5-4-6-15(17)3/h7-10,14-15H,4-6,11-12H2,1-3H3. The van der Waals surface area contributed by atoms with Gasteiger partial charge in [0.05, 0.1) is 10.6 Å². The van der Waals surface area contributed by atoms with Gasteiger partial charge in [-0.05, 0) is 45.7 Å². The lowest BCUT2D eigenvalue weighted by Crippen LogP contribution is -2.45. The summed E-state index contributed by atoms with van der Waals surface area (Å²) in [6.45, 7) is 7.01. The number of rotatable bonds is 4. The van der Waals surface area contributed by atoms with Crippen LogP contribution in [-0.4, -0.2) is 37.7 Å². The fourth-order valence-corrected chi connectivity index (χ4v) is 4.24. The van der Waals surface area contributed by atoms with E-state index in [2.05, 4.69) is 18.7 Å². The molecular formula is C16H25NO2S. The number of likely N-dealkylation sites (tertiary alicyclic amines) is 1. The molecular weight excluding hydrogens is 270 g/mol. The van der Waals surface area contributed by atoms with Crippen molar-refractivity contribution in [2.45, 2.75) is 57.0 Å². The zero-order valence-corrected chi connectivity index (χ0v) is 13.5. The second-order valence-electron chi connectivity index (χ2n) is 6.00. The first-order valence-electron chi connectivity index (χ1n) is 7.45. The van der Waals surface area contributed by atoms with Crippen LogP contribution in [0.5, 0.6) is 0 Å². The molecule has 1 heterocycles. The van der Waals surface area contributed by atoms with Gasteiger partial charge in [-0.25, -0.2) is 8.42 Å². The van der Waals surface area contributed by atoms with E-state index in [9.17, 15) is 8.42 Å². The Kier molecular flexibility index (Phi) is 4.86. The van der Waals surface area contributed by atoms with Crippen LogP contribution in [0.4, 0.5) is 0 Å². The zero-order chi connectivity index (χ0) is 14.8. The van der Waals surface area contributed by atoms with E-state index in [1.54, 1.807) is 12.1 Å². The highest BCUT2D eigenvalue weighted by Crippen LogP contribution is 2.23. The van der Waals surface area contributed by atoms with Crippen LogP contribution >= 0.6 is 0 Å². The van der Waals surface area contributed by atoms with Crippen LogP contribution < -0.4 is 0 Å². The second kappa shape index (κ2) is 6.27. The van der Waals surface area contributed by atoms with Gasteiger partial charge >= 0.3 is 0 Å². The van der Waals surface area contributed by atoms with Crippen molar-refractivity contribution in [3.05, 3.63) is 29.8 Å². The quantitative estimate of drug-likeness (QED) is 0.857. The molecule has 1 aliphatic rings. The van der Waals surface area contributed by atoms with Gasteiger partial charge in [0.1, 0.15) is 0 Å². The second-order valence-corrected chi connectivity index (χ2v) is 8.11. The molecule has 4 heteroatoms. The maximum atomic E-state index is 12.4. The van der Waals surface area contributed by atoms with E-state index in [1.165, 1.54) is 19.3 Å². The Balaban J connectivity index is 2.03. The van der Waals surface area contributed by atoms with E-state index in [4.69, 9.17) is 0 Å². The number of nitrogens with zero attached hydrogens (tertiary/aromatic N) is 1. The van der Waals surface area contributed by atoms with Crippen molar-refractivity contribution in [2.24, 2.45) is 0 Å². The fourth-order valence-electron chi connectivity index (χ4n) is 3.00. The van der Waals surface area contributed by atoms with Gasteiger partial charge in [0.25, 0.3) is 0 Å². The van der Waals surface area contributed by atoms with E-state index in [0.29, 0.717) is 23.5 Å². The lowest BCUT2D eigenvalue weighted by molar-refractivity contribution is 0.111. The largest absolute Gasteiger partial charge is 0.297 e. The van der Waals surface area contributed by atoms with Crippen molar-refractivity contribution in [2.75, 3.05) is 12.3 Å². The number of hydrogen-bond acceptors (Lipinski definition) is 3. The summed E-state index contributed by atoms with van der Waals surface area (Å²) in [4.78, 5) is 2.79. The predicted octanol–water partition coefficient (Wildman–Crippen LogP) is 3.03. The first-order chi connectivity index (χ1) is 9.40. The minimum Gasteiger partial charge on any atom is -0.297 e. The Hall–Kier alpha value is -0.870. The van der Waals surface area contributed by atoms with Crippen LogP contribution in [0.2, 0.25) is 0 Å². The Morgan fingerprint density at radius 2 is 1.65 bits per heavy atom. The number of piperidine rings is 1. The summed E-state index contributed by atoms with van der Waals surface area (Å²) in [5, 5.41) is 0. The predicted molar refractivity (Wildman–Crippen MR) is 82.7 cm³/mol. The van der Waals surface area contributed by atoms with Gasteiger partial charge < -0.3 is 0 Å².